The molecule has 0 aliphatic rings. The molecule has 0 bridgehead atoms. The Morgan fingerprint density at radius 3 is 0.704 bits per heavy atom. The molecular formula is C18H27N3O6. The molecular weight excluding hydrogens is 354 g/mol. The molecule has 0 aliphatic carbocycles. The molecule has 0 unspecified atom stereocenters. The lowest BCUT2D eigenvalue weighted by Gasteiger charge is -2.29. The Morgan fingerprint density at radius 2 is 0.630 bits per heavy atom. The minimum absolute atomic E-state index is 0.0852. The third-order valence-corrected chi connectivity index (χ3v) is 4.22. The van der Waals surface area contributed by atoms with Crippen LogP contribution >= 0.6 is 0 Å². The van der Waals surface area contributed by atoms with Crippen LogP contribution in [0, 0.1) is 30.3 Å². The largest absolute Gasteiger partial charge is 0.290 e. The first-order valence-electron chi connectivity index (χ1n) is 8.52. The van der Waals surface area contributed by atoms with Crippen LogP contribution in [0.4, 0.5) is 17.1 Å². The second-order valence-corrected chi connectivity index (χ2v) is 9.69. The normalized spacial score (nSPS) is 12.8. The quantitative estimate of drug-likeness (QED) is 0.515. The zero-order valence-electron chi connectivity index (χ0n) is 17.3. The third kappa shape index (κ3) is 4.06. The number of hydrogen-bond acceptors (Lipinski definition) is 6. The summed E-state index contributed by atoms with van der Waals surface area (Å²) in [6.45, 7) is 14.7. The molecule has 0 aromatic heterocycles. The van der Waals surface area contributed by atoms with Gasteiger partial charge in [0.05, 0.1) is 14.8 Å². The Morgan fingerprint density at radius 1 is 0.481 bits per heavy atom. The number of nitro benzene ring substituents is 3. The molecule has 0 radical (unpaired) electrons. The summed E-state index contributed by atoms with van der Waals surface area (Å²) in [6, 6.07) is 0. The van der Waals surface area contributed by atoms with Gasteiger partial charge in [0.25, 0.3) is 17.1 Å². The van der Waals surface area contributed by atoms with Crippen LogP contribution in [0.5, 0.6) is 0 Å². The second-order valence-electron chi connectivity index (χ2n) is 9.69. The lowest BCUT2D eigenvalue weighted by Crippen LogP contribution is -2.28. The van der Waals surface area contributed by atoms with E-state index in [0.717, 1.165) is 0 Å². The van der Waals surface area contributed by atoms with E-state index in [4.69, 9.17) is 0 Å². The molecule has 0 amide bonds. The van der Waals surface area contributed by atoms with Gasteiger partial charge in [-0.2, -0.15) is 0 Å². The molecule has 0 fully saturated rings. The summed E-state index contributed by atoms with van der Waals surface area (Å²) in [5.74, 6) is 0. The molecule has 1 aromatic rings. The van der Waals surface area contributed by atoms with Crippen molar-refractivity contribution in [2.24, 2.45) is 0 Å². The second kappa shape index (κ2) is 6.54. The van der Waals surface area contributed by atoms with Gasteiger partial charge < -0.3 is 0 Å². The van der Waals surface area contributed by atoms with Crippen LogP contribution in [-0.2, 0) is 16.2 Å². The number of nitro groups is 3. The first kappa shape index (κ1) is 22.5. The topological polar surface area (TPSA) is 129 Å². The molecule has 0 heterocycles. The lowest BCUT2D eigenvalue weighted by atomic mass is 9.71. The van der Waals surface area contributed by atoms with Gasteiger partial charge in [-0.25, -0.2) is 0 Å². The van der Waals surface area contributed by atoms with Crippen molar-refractivity contribution >= 4 is 17.1 Å². The Labute approximate surface area is 158 Å². The van der Waals surface area contributed by atoms with E-state index in [1.165, 1.54) is 0 Å². The van der Waals surface area contributed by atoms with Crippen LogP contribution in [0.25, 0.3) is 0 Å². The van der Waals surface area contributed by atoms with Gasteiger partial charge in [0.2, 0.25) is 0 Å². The fourth-order valence-corrected chi connectivity index (χ4v) is 3.39. The first-order chi connectivity index (χ1) is 11.8. The van der Waals surface area contributed by atoms with Crippen LogP contribution < -0.4 is 0 Å². The third-order valence-electron chi connectivity index (χ3n) is 4.22. The van der Waals surface area contributed by atoms with Gasteiger partial charge in [-0.3, -0.25) is 30.3 Å². The van der Waals surface area contributed by atoms with Crippen LogP contribution in [0.1, 0.15) is 79.0 Å². The fraction of sp³-hybridized carbons (Fsp3) is 0.667. The van der Waals surface area contributed by atoms with E-state index < -0.39 is 48.1 Å². The average Bonchev–Trinajstić information content (AvgIpc) is 2.40. The molecule has 0 saturated heterocycles. The highest BCUT2D eigenvalue weighted by molar-refractivity contribution is 5.76. The van der Waals surface area contributed by atoms with Gasteiger partial charge in [-0.05, 0) is 0 Å². The maximum Gasteiger partial charge on any atom is 0.290 e. The van der Waals surface area contributed by atoms with Crippen LogP contribution in [0.3, 0.4) is 0 Å². The summed E-state index contributed by atoms with van der Waals surface area (Å²) in [5, 5.41) is 36.0. The molecule has 0 aliphatic heterocycles. The summed E-state index contributed by atoms with van der Waals surface area (Å²) in [5.41, 5.74) is -4.79. The number of benzene rings is 1. The maximum atomic E-state index is 12.0. The standard InChI is InChI=1S/C18H27N3O6/c1-16(2,3)10-13(19(22)23)11(17(4,5)6)15(21(26)27)12(18(7,8)9)14(10)20(24)25/h1-9H3. The minimum atomic E-state index is -0.972. The highest BCUT2D eigenvalue weighted by atomic mass is 16.6. The molecule has 0 N–H and O–H groups in total. The Kier molecular flexibility index (Phi) is 5.44. The van der Waals surface area contributed by atoms with Crippen LogP contribution in [0.15, 0.2) is 0 Å². The van der Waals surface area contributed by atoms with Crippen molar-refractivity contribution < 1.29 is 14.8 Å². The van der Waals surface area contributed by atoms with Crippen molar-refractivity contribution in [2.75, 3.05) is 0 Å². The van der Waals surface area contributed by atoms with Gasteiger partial charge in [0.1, 0.15) is 16.7 Å². The summed E-state index contributed by atoms with van der Waals surface area (Å²) >= 11 is 0. The Bertz CT molecular complexity index is 693. The van der Waals surface area contributed by atoms with Crippen LogP contribution in [0.2, 0.25) is 0 Å². The molecule has 0 saturated carbocycles. The van der Waals surface area contributed by atoms with E-state index in [0.29, 0.717) is 0 Å². The van der Waals surface area contributed by atoms with E-state index in [9.17, 15) is 30.3 Å². The van der Waals surface area contributed by atoms with Gasteiger partial charge >= 0.3 is 0 Å². The molecule has 27 heavy (non-hydrogen) atoms. The summed E-state index contributed by atoms with van der Waals surface area (Å²) in [4.78, 5) is 33.8. The SMILES string of the molecule is CC(C)(C)c1c([N+](=O)[O-])c(C(C)(C)C)c([N+](=O)[O-])c(C(C)(C)C)c1[N+](=O)[O-]. The van der Waals surface area contributed by atoms with Crippen molar-refractivity contribution in [3.63, 3.8) is 0 Å². The minimum Gasteiger partial charge on any atom is -0.258 e. The lowest BCUT2D eigenvalue weighted by molar-refractivity contribution is -0.407. The fourth-order valence-electron chi connectivity index (χ4n) is 3.39. The van der Waals surface area contributed by atoms with Gasteiger partial charge in [-0.1, -0.05) is 62.3 Å². The highest BCUT2D eigenvalue weighted by Gasteiger charge is 2.50. The van der Waals surface area contributed by atoms with Gasteiger partial charge in [0.15, 0.2) is 0 Å². The van der Waals surface area contributed by atoms with E-state index in [1.807, 2.05) is 0 Å². The zero-order chi connectivity index (χ0) is 21.7. The molecule has 1 rings (SSSR count). The van der Waals surface area contributed by atoms with Crippen molar-refractivity contribution in [1.82, 2.24) is 0 Å². The number of nitrogens with zero attached hydrogens (tertiary/aromatic N) is 3. The van der Waals surface area contributed by atoms with Gasteiger partial charge in [-0.15, -0.1) is 0 Å². The molecule has 1 aromatic carbocycles. The number of rotatable bonds is 3. The maximum absolute atomic E-state index is 12.0. The Balaban J connectivity index is 4.67. The zero-order valence-corrected chi connectivity index (χ0v) is 17.3. The van der Waals surface area contributed by atoms with E-state index in [2.05, 4.69) is 0 Å². The van der Waals surface area contributed by atoms with E-state index in [1.54, 1.807) is 62.3 Å². The van der Waals surface area contributed by atoms with Crippen molar-refractivity contribution in [3.05, 3.63) is 47.0 Å². The molecule has 0 spiro atoms. The summed E-state index contributed by atoms with van der Waals surface area (Å²) < 4.78 is 0. The molecule has 9 heteroatoms. The van der Waals surface area contributed by atoms with Crippen LogP contribution in [-0.4, -0.2) is 14.8 Å². The predicted molar refractivity (Wildman–Crippen MR) is 103 cm³/mol. The van der Waals surface area contributed by atoms with Gasteiger partial charge in [0, 0.05) is 16.2 Å². The smallest absolute Gasteiger partial charge is 0.258 e. The first-order valence-corrected chi connectivity index (χ1v) is 8.52. The molecule has 0 atom stereocenters. The summed E-state index contributed by atoms with van der Waals surface area (Å²) in [7, 11) is 0. The van der Waals surface area contributed by atoms with E-state index >= 15 is 0 Å². The van der Waals surface area contributed by atoms with E-state index in [-0.39, 0.29) is 16.7 Å². The van der Waals surface area contributed by atoms with Crippen molar-refractivity contribution in [2.45, 2.75) is 78.6 Å². The highest BCUT2D eigenvalue weighted by Crippen LogP contribution is 2.54. The summed E-state index contributed by atoms with van der Waals surface area (Å²) in [6.07, 6.45) is 0. The molecule has 150 valence electrons. The van der Waals surface area contributed by atoms with Crippen molar-refractivity contribution in [1.29, 1.82) is 0 Å². The monoisotopic (exact) mass is 381 g/mol. The average molecular weight is 381 g/mol. The Hall–Kier alpha value is -2.58. The predicted octanol–water partition coefficient (Wildman–Crippen LogP) is 5.30. The number of hydrogen-bond donors (Lipinski definition) is 0. The van der Waals surface area contributed by atoms with Crippen molar-refractivity contribution in [3.8, 4) is 0 Å². The molecule has 9 nitrogen and oxygen atoms in total.